The second-order valence-electron chi connectivity index (χ2n) is 5.27. The molecule has 110 valence electrons. The lowest BCUT2D eigenvalue weighted by molar-refractivity contribution is -0.152. The van der Waals surface area contributed by atoms with E-state index in [4.69, 9.17) is 0 Å². The molecule has 1 saturated heterocycles. The Balaban J connectivity index is 2.19. The van der Waals surface area contributed by atoms with Gasteiger partial charge in [0.25, 0.3) is 0 Å². The first-order valence-electron chi connectivity index (χ1n) is 7.23. The van der Waals surface area contributed by atoms with Gasteiger partial charge in [-0.05, 0) is 31.2 Å². The van der Waals surface area contributed by atoms with Crippen LogP contribution in [-0.2, 0) is 16.0 Å². The quantitative estimate of drug-likeness (QED) is 0.905. The number of hydrogen-bond acceptors (Lipinski definition) is 3. The largest absolute Gasteiger partial charge is 0.343 e. The summed E-state index contributed by atoms with van der Waals surface area (Å²) in [5.41, 5.74) is 0. The Hall–Kier alpha value is -1.36. The minimum absolute atomic E-state index is 0.0167. The zero-order valence-electron chi connectivity index (χ0n) is 12.3. The third kappa shape index (κ3) is 2.87. The van der Waals surface area contributed by atoms with Crippen molar-refractivity contribution in [2.75, 3.05) is 0 Å². The van der Waals surface area contributed by atoms with Crippen molar-refractivity contribution in [2.24, 2.45) is 0 Å². The standard InChI is InChI=1S/C15H22N2O2S/c1-4-12-15(19)17(13(5-2)14(18)16-12)10(3)9-11-7-6-8-20-11/h6-8,10,12-13H,4-5,9H2,1-3H3,(H,16,18). The van der Waals surface area contributed by atoms with Crippen molar-refractivity contribution in [2.45, 2.75) is 58.2 Å². The summed E-state index contributed by atoms with van der Waals surface area (Å²) in [4.78, 5) is 27.8. The fourth-order valence-corrected chi connectivity index (χ4v) is 3.62. The number of nitrogens with one attached hydrogen (secondary N) is 1. The van der Waals surface area contributed by atoms with Gasteiger partial charge in [0.05, 0.1) is 0 Å². The number of carbonyl (C=O) groups excluding carboxylic acids is 2. The minimum Gasteiger partial charge on any atom is -0.343 e. The Morgan fingerprint density at radius 3 is 2.65 bits per heavy atom. The second kappa shape index (κ2) is 6.39. The van der Waals surface area contributed by atoms with Gasteiger partial charge >= 0.3 is 0 Å². The summed E-state index contributed by atoms with van der Waals surface area (Å²) in [6.07, 6.45) is 2.11. The highest BCUT2D eigenvalue weighted by molar-refractivity contribution is 7.09. The number of nitrogens with zero attached hydrogens (tertiary/aromatic N) is 1. The van der Waals surface area contributed by atoms with Gasteiger partial charge in [-0.15, -0.1) is 11.3 Å². The second-order valence-corrected chi connectivity index (χ2v) is 6.30. The van der Waals surface area contributed by atoms with E-state index in [0.717, 1.165) is 6.42 Å². The van der Waals surface area contributed by atoms with Crippen LogP contribution < -0.4 is 5.32 Å². The number of thiophene rings is 1. The molecule has 1 aromatic heterocycles. The maximum Gasteiger partial charge on any atom is 0.246 e. The lowest BCUT2D eigenvalue weighted by atomic mass is 9.99. The molecule has 5 heteroatoms. The molecule has 1 aromatic rings. The molecule has 0 spiro atoms. The summed E-state index contributed by atoms with van der Waals surface area (Å²) < 4.78 is 0. The summed E-state index contributed by atoms with van der Waals surface area (Å²) in [5.74, 6) is 0.0417. The number of piperazine rings is 1. The highest BCUT2D eigenvalue weighted by atomic mass is 32.1. The molecule has 0 aliphatic carbocycles. The van der Waals surface area contributed by atoms with E-state index < -0.39 is 0 Å². The van der Waals surface area contributed by atoms with Crippen molar-refractivity contribution in [3.05, 3.63) is 22.4 Å². The van der Waals surface area contributed by atoms with E-state index in [1.54, 1.807) is 16.2 Å². The molecule has 1 N–H and O–H groups in total. The van der Waals surface area contributed by atoms with Gasteiger partial charge in [0.1, 0.15) is 12.1 Å². The van der Waals surface area contributed by atoms with E-state index in [9.17, 15) is 9.59 Å². The van der Waals surface area contributed by atoms with Crippen LogP contribution in [0.1, 0.15) is 38.5 Å². The summed E-state index contributed by atoms with van der Waals surface area (Å²) in [6.45, 7) is 5.91. The number of carbonyl (C=O) groups is 2. The van der Waals surface area contributed by atoms with Gasteiger partial charge in [0, 0.05) is 17.3 Å². The zero-order chi connectivity index (χ0) is 14.7. The Morgan fingerprint density at radius 1 is 1.35 bits per heavy atom. The molecule has 0 saturated carbocycles. The molecular weight excluding hydrogens is 272 g/mol. The van der Waals surface area contributed by atoms with Crippen LogP contribution in [0.2, 0.25) is 0 Å². The first-order chi connectivity index (χ1) is 9.58. The molecule has 2 rings (SSSR count). The average molecular weight is 294 g/mol. The molecule has 3 unspecified atom stereocenters. The molecule has 1 aliphatic heterocycles. The Labute approximate surface area is 124 Å². The van der Waals surface area contributed by atoms with Gasteiger partial charge in [-0.2, -0.15) is 0 Å². The van der Waals surface area contributed by atoms with E-state index in [-0.39, 0.29) is 29.9 Å². The molecule has 3 atom stereocenters. The Morgan fingerprint density at radius 2 is 2.10 bits per heavy atom. The van der Waals surface area contributed by atoms with Gasteiger partial charge in [-0.25, -0.2) is 0 Å². The van der Waals surface area contributed by atoms with Crippen LogP contribution in [0.5, 0.6) is 0 Å². The van der Waals surface area contributed by atoms with Crippen LogP contribution in [0.4, 0.5) is 0 Å². The van der Waals surface area contributed by atoms with Gasteiger partial charge < -0.3 is 10.2 Å². The predicted molar refractivity (Wildman–Crippen MR) is 80.6 cm³/mol. The number of rotatable bonds is 5. The molecule has 20 heavy (non-hydrogen) atoms. The van der Waals surface area contributed by atoms with Gasteiger partial charge in [0.2, 0.25) is 11.8 Å². The molecule has 1 fully saturated rings. The van der Waals surface area contributed by atoms with E-state index in [2.05, 4.69) is 11.4 Å². The molecule has 4 nitrogen and oxygen atoms in total. The first-order valence-corrected chi connectivity index (χ1v) is 8.11. The van der Waals surface area contributed by atoms with Crippen LogP contribution in [0, 0.1) is 0 Å². The molecule has 2 heterocycles. The van der Waals surface area contributed by atoms with Crippen molar-refractivity contribution in [1.29, 1.82) is 0 Å². The molecule has 2 amide bonds. The maximum atomic E-state index is 12.6. The zero-order valence-corrected chi connectivity index (χ0v) is 13.1. The highest BCUT2D eigenvalue weighted by Gasteiger charge is 2.40. The summed E-state index contributed by atoms with van der Waals surface area (Å²) in [7, 11) is 0. The molecular formula is C15H22N2O2S. The fraction of sp³-hybridized carbons (Fsp3) is 0.600. The highest BCUT2D eigenvalue weighted by Crippen LogP contribution is 2.21. The van der Waals surface area contributed by atoms with Crippen LogP contribution in [0.15, 0.2) is 17.5 Å². The molecule has 0 bridgehead atoms. The maximum absolute atomic E-state index is 12.6. The van der Waals surface area contributed by atoms with Crippen LogP contribution >= 0.6 is 11.3 Å². The summed E-state index contributed by atoms with van der Waals surface area (Å²) in [6, 6.07) is 3.44. The average Bonchev–Trinajstić information content (AvgIpc) is 2.92. The van der Waals surface area contributed by atoms with E-state index in [1.807, 2.05) is 32.2 Å². The van der Waals surface area contributed by atoms with E-state index >= 15 is 0 Å². The van der Waals surface area contributed by atoms with E-state index in [0.29, 0.717) is 12.8 Å². The summed E-state index contributed by atoms with van der Waals surface area (Å²) in [5, 5.41) is 4.87. The number of hydrogen-bond donors (Lipinski definition) is 1. The summed E-state index contributed by atoms with van der Waals surface area (Å²) >= 11 is 1.69. The predicted octanol–water partition coefficient (Wildman–Crippen LogP) is 2.19. The molecule has 0 aromatic carbocycles. The first kappa shape index (κ1) is 15.0. The van der Waals surface area contributed by atoms with Crippen LogP contribution in [0.3, 0.4) is 0 Å². The van der Waals surface area contributed by atoms with Crippen molar-refractivity contribution in [3.8, 4) is 0 Å². The Kier molecular flexibility index (Phi) is 4.81. The topological polar surface area (TPSA) is 49.4 Å². The molecule has 0 radical (unpaired) electrons. The third-order valence-corrected chi connectivity index (χ3v) is 4.75. The van der Waals surface area contributed by atoms with Crippen LogP contribution in [-0.4, -0.2) is 34.8 Å². The SMILES string of the molecule is CCC1NC(=O)C(CC)N(C(C)Cc2cccs2)C1=O. The van der Waals surface area contributed by atoms with Crippen molar-refractivity contribution in [1.82, 2.24) is 10.2 Å². The monoisotopic (exact) mass is 294 g/mol. The smallest absolute Gasteiger partial charge is 0.246 e. The Bertz CT molecular complexity index is 472. The minimum atomic E-state index is -0.365. The fourth-order valence-electron chi connectivity index (χ4n) is 2.79. The lowest BCUT2D eigenvalue weighted by Crippen LogP contribution is -2.65. The van der Waals surface area contributed by atoms with Crippen molar-refractivity contribution < 1.29 is 9.59 Å². The van der Waals surface area contributed by atoms with Gasteiger partial charge in [-0.3, -0.25) is 9.59 Å². The van der Waals surface area contributed by atoms with E-state index in [1.165, 1.54) is 4.88 Å². The molecule has 1 aliphatic rings. The van der Waals surface area contributed by atoms with Gasteiger partial charge in [-0.1, -0.05) is 19.9 Å². The number of amides is 2. The normalized spacial score (nSPS) is 24.6. The van der Waals surface area contributed by atoms with Crippen LogP contribution in [0.25, 0.3) is 0 Å². The lowest BCUT2D eigenvalue weighted by Gasteiger charge is -2.42. The van der Waals surface area contributed by atoms with Crippen molar-refractivity contribution >= 4 is 23.2 Å². The van der Waals surface area contributed by atoms with Crippen molar-refractivity contribution in [3.63, 3.8) is 0 Å². The van der Waals surface area contributed by atoms with Gasteiger partial charge in [0.15, 0.2) is 0 Å². The third-order valence-electron chi connectivity index (χ3n) is 3.85.